The second kappa shape index (κ2) is 5.31. The van der Waals surface area contributed by atoms with Crippen molar-refractivity contribution in [2.75, 3.05) is 0 Å². The molecular formula is C12H15NO3S. The number of esters is 1. The summed E-state index contributed by atoms with van der Waals surface area (Å²) in [5.74, 6) is -0.599. The van der Waals surface area contributed by atoms with Gasteiger partial charge in [0, 0.05) is 6.04 Å². The van der Waals surface area contributed by atoms with Crippen molar-refractivity contribution in [3.8, 4) is 0 Å². The van der Waals surface area contributed by atoms with Gasteiger partial charge in [-0.3, -0.25) is 4.79 Å². The standard InChI is InChI=1S/C12H15NO3S/c1-2-9(11(14)13-8-5-6-8)16-12(15)10-4-3-7-17-10/h3-4,7-9H,2,5-6H2,1H3,(H,13,14). The lowest BCUT2D eigenvalue weighted by molar-refractivity contribution is -0.130. The highest BCUT2D eigenvalue weighted by Crippen LogP contribution is 2.19. The molecular weight excluding hydrogens is 238 g/mol. The molecule has 1 N–H and O–H groups in total. The molecule has 0 aromatic carbocycles. The van der Waals surface area contributed by atoms with Gasteiger partial charge in [0.2, 0.25) is 0 Å². The van der Waals surface area contributed by atoms with Crippen molar-refractivity contribution in [3.63, 3.8) is 0 Å². The largest absolute Gasteiger partial charge is 0.448 e. The van der Waals surface area contributed by atoms with Gasteiger partial charge in [-0.05, 0) is 30.7 Å². The number of carbonyl (C=O) groups is 2. The van der Waals surface area contributed by atoms with E-state index in [0.717, 1.165) is 12.8 Å². The second-order valence-electron chi connectivity index (χ2n) is 4.06. The van der Waals surface area contributed by atoms with Crippen molar-refractivity contribution in [1.29, 1.82) is 0 Å². The summed E-state index contributed by atoms with van der Waals surface area (Å²) in [6.07, 6.45) is 1.88. The van der Waals surface area contributed by atoms with Crippen molar-refractivity contribution in [2.24, 2.45) is 0 Å². The van der Waals surface area contributed by atoms with Crippen molar-refractivity contribution in [2.45, 2.75) is 38.3 Å². The van der Waals surface area contributed by atoms with Gasteiger partial charge in [0.1, 0.15) is 4.88 Å². The van der Waals surface area contributed by atoms with Crippen molar-refractivity contribution in [3.05, 3.63) is 22.4 Å². The predicted molar refractivity (Wildman–Crippen MR) is 65.0 cm³/mol. The molecule has 17 heavy (non-hydrogen) atoms. The van der Waals surface area contributed by atoms with Crippen molar-refractivity contribution in [1.82, 2.24) is 5.32 Å². The molecule has 0 radical (unpaired) electrons. The maximum absolute atomic E-state index is 11.7. The Morgan fingerprint density at radius 2 is 2.35 bits per heavy atom. The number of carbonyl (C=O) groups excluding carboxylic acids is 2. The number of ether oxygens (including phenoxy) is 1. The van der Waals surface area contributed by atoms with Crippen LogP contribution in [0, 0.1) is 0 Å². The first-order valence-electron chi connectivity index (χ1n) is 5.75. The van der Waals surface area contributed by atoms with Gasteiger partial charge in [0.25, 0.3) is 5.91 Å². The van der Waals surface area contributed by atoms with E-state index in [1.807, 2.05) is 12.3 Å². The fourth-order valence-electron chi connectivity index (χ4n) is 1.43. The molecule has 0 saturated heterocycles. The summed E-state index contributed by atoms with van der Waals surface area (Å²) < 4.78 is 5.19. The average Bonchev–Trinajstić information content (AvgIpc) is 2.97. The van der Waals surface area contributed by atoms with Gasteiger partial charge < -0.3 is 10.1 Å². The van der Waals surface area contributed by atoms with Crippen LogP contribution in [0.1, 0.15) is 35.9 Å². The molecule has 0 spiro atoms. The molecule has 92 valence electrons. The zero-order valence-electron chi connectivity index (χ0n) is 9.64. The lowest BCUT2D eigenvalue weighted by Gasteiger charge is -2.15. The summed E-state index contributed by atoms with van der Waals surface area (Å²) in [5.41, 5.74) is 0. The number of rotatable bonds is 5. The highest BCUT2D eigenvalue weighted by atomic mass is 32.1. The first-order valence-corrected chi connectivity index (χ1v) is 6.63. The second-order valence-corrected chi connectivity index (χ2v) is 5.01. The Hall–Kier alpha value is -1.36. The summed E-state index contributed by atoms with van der Waals surface area (Å²) in [7, 11) is 0. The van der Waals surface area contributed by atoms with Crippen LogP contribution in [-0.2, 0) is 9.53 Å². The molecule has 1 atom stereocenters. The van der Waals surface area contributed by atoms with E-state index in [2.05, 4.69) is 5.32 Å². The predicted octanol–water partition coefficient (Wildman–Crippen LogP) is 1.96. The molecule has 1 aromatic heterocycles. The number of thiophene rings is 1. The quantitative estimate of drug-likeness (QED) is 0.816. The molecule has 4 nitrogen and oxygen atoms in total. The summed E-state index contributed by atoms with van der Waals surface area (Å²) in [5, 5.41) is 4.65. The van der Waals surface area contributed by atoms with Gasteiger partial charge in [0.05, 0.1) is 0 Å². The molecule has 1 heterocycles. The maximum atomic E-state index is 11.7. The summed E-state index contributed by atoms with van der Waals surface area (Å²) in [6, 6.07) is 3.77. The van der Waals surface area contributed by atoms with Gasteiger partial charge in [0.15, 0.2) is 6.10 Å². The lowest BCUT2D eigenvalue weighted by Crippen LogP contribution is -2.38. The minimum absolute atomic E-state index is 0.181. The molecule has 1 saturated carbocycles. The van der Waals surface area contributed by atoms with E-state index in [9.17, 15) is 9.59 Å². The van der Waals surface area contributed by atoms with Gasteiger partial charge in [-0.1, -0.05) is 13.0 Å². The van der Waals surface area contributed by atoms with Crippen LogP contribution in [0.5, 0.6) is 0 Å². The normalized spacial score (nSPS) is 16.3. The number of amides is 1. The van der Waals surface area contributed by atoms with Crippen molar-refractivity contribution >= 4 is 23.2 Å². The van der Waals surface area contributed by atoms with Gasteiger partial charge in [-0.25, -0.2) is 4.79 Å². The third-order valence-electron chi connectivity index (χ3n) is 2.56. The van der Waals surface area contributed by atoms with Crippen LogP contribution < -0.4 is 5.32 Å². The average molecular weight is 253 g/mol. The number of hydrogen-bond acceptors (Lipinski definition) is 4. The van der Waals surface area contributed by atoms with E-state index in [1.165, 1.54) is 11.3 Å². The molecule has 1 unspecified atom stereocenters. The molecule has 1 fully saturated rings. The van der Waals surface area contributed by atoms with Crippen LogP contribution in [0.3, 0.4) is 0 Å². The van der Waals surface area contributed by atoms with E-state index < -0.39 is 12.1 Å². The van der Waals surface area contributed by atoms with Crippen LogP contribution in [0.4, 0.5) is 0 Å². The topological polar surface area (TPSA) is 55.4 Å². The van der Waals surface area contributed by atoms with Crippen LogP contribution in [0.25, 0.3) is 0 Å². The summed E-state index contributed by atoms with van der Waals surface area (Å²) in [6.45, 7) is 1.83. The fraction of sp³-hybridized carbons (Fsp3) is 0.500. The van der Waals surface area contributed by atoms with Crippen LogP contribution in [-0.4, -0.2) is 24.0 Å². The molecule has 5 heteroatoms. The molecule has 1 amide bonds. The minimum atomic E-state index is -0.676. The van der Waals surface area contributed by atoms with Gasteiger partial charge in [-0.15, -0.1) is 11.3 Å². The smallest absolute Gasteiger partial charge is 0.349 e. The summed E-state index contributed by atoms with van der Waals surface area (Å²) in [4.78, 5) is 24.0. The lowest BCUT2D eigenvalue weighted by atomic mass is 10.2. The number of nitrogens with one attached hydrogen (secondary N) is 1. The molecule has 1 aromatic rings. The van der Waals surface area contributed by atoms with E-state index in [0.29, 0.717) is 11.3 Å². The third kappa shape index (κ3) is 3.30. The Morgan fingerprint density at radius 3 is 2.88 bits per heavy atom. The zero-order chi connectivity index (χ0) is 12.3. The Balaban J connectivity index is 1.89. The molecule has 1 aliphatic rings. The van der Waals surface area contributed by atoms with Crippen LogP contribution >= 0.6 is 11.3 Å². The molecule has 2 rings (SSSR count). The Bertz CT molecular complexity index is 398. The van der Waals surface area contributed by atoms with Gasteiger partial charge in [-0.2, -0.15) is 0 Å². The van der Waals surface area contributed by atoms with Crippen LogP contribution in [0.15, 0.2) is 17.5 Å². The maximum Gasteiger partial charge on any atom is 0.349 e. The first-order chi connectivity index (χ1) is 8.20. The van der Waals surface area contributed by atoms with E-state index in [4.69, 9.17) is 4.74 Å². The first kappa shape index (κ1) is 12.1. The Morgan fingerprint density at radius 1 is 1.59 bits per heavy atom. The Labute approximate surface area is 104 Å². The Kier molecular flexibility index (Phi) is 3.78. The zero-order valence-corrected chi connectivity index (χ0v) is 10.5. The molecule has 0 bridgehead atoms. The third-order valence-corrected chi connectivity index (χ3v) is 3.41. The van der Waals surface area contributed by atoms with E-state index in [1.54, 1.807) is 12.1 Å². The van der Waals surface area contributed by atoms with Crippen molar-refractivity contribution < 1.29 is 14.3 Å². The number of hydrogen-bond donors (Lipinski definition) is 1. The summed E-state index contributed by atoms with van der Waals surface area (Å²) >= 11 is 1.32. The van der Waals surface area contributed by atoms with E-state index in [-0.39, 0.29) is 11.9 Å². The van der Waals surface area contributed by atoms with Gasteiger partial charge >= 0.3 is 5.97 Å². The highest BCUT2D eigenvalue weighted by molar-refractivity contribution is 7.11. The SMILES string of the molecule is CCC(OC(=O)c1cccs1)C(=O)NC1CC1. The van der Waals surface area contributed by atoms with Crippen LogP contribution in [0.2, 0.25) is 0 Å². The van der Waals surface area contributed by atoms with E-state index >= 15 is 0 Å². The monoisotopic (exact) mass is 253 g/mol. The molecule has 0 aliphatic heterocycles. The molecule has 1 aliphatic carbocycles. The minimum Gasteiger partial charge on any atom is -0.448 e. The highest BCUT2D eigenvalue weighted by Gasteiger charge is 2.28. The fourth-order valence-corrected chi connectivity index (χ4v) is 2.03.